The number of amides is 1. The van der Waals surface area contributed by atoms with Crippen LogP contribution in [-0.2, 0) is 0 Å². The predicted octanol–water partition coefficient (Wildman–Crippen LogP) is 1.89. The number of primary amides is 1. The molecule has 1 heterocycles. The van der Waals surface area contributed by atoms with E-state index in [-0.39, 0.29) is 0 Å². The summed E-state index contributed by atoms with van der Waals surface area (Å²) in [5.74, 6) is 0.340. The van der Waals surface area contributed by atoms with Crippen molar-refractivity contribution >= 4 is 5.91 Å². The van der Waals surface area contributed by atoms with E-state index in [1.807, 2.05) is 37.4 Å². The lowest BCUT2D eigenvalue weighted by molar-refractivity contribution is 0.0994. The fourth-order valence-corrected chi connectivity index (χ4v) is 1.74. The number of nitrogens with two attached hydrogens (primary N) is 1. The summed E-state index contributed by atoms with van der Waals surface area (Å²) in [5.41, 5.74) is 7.69. The molecule has 2 rings (SSSR count). The minimum Gasteiger partial charge on any atom is -0.497 e. The maximum Gasteiger partial charge on any atom is 0.265 e. The molecule has 17 heavy (non-hydrogen) atoms. The number of nitrogens with zero attached hydrogens (tertiary/aromatic N) is 1. The molecule has 0 saturated carbocycles. The molecule has 1 aromatic heterocycles. The lowest BCUT2D eigenvalue weighted by Crippen LogP contribution is -2.15. The van der Waals surface area contributed by atoms with Crippen molar-refractivity contribution in [2.75, 3.05) is 7.11 Å². The molecule has 0 radical (unpaired) electrons. The van der Waals surface area contributed by atoms with E-state index in [1.165, 1.54) is 0 Å². The first-order valence-electron chi connectivity index (χ1n) is 5.25. The van der Waals surface area contributed by atoms with E-state index in [2.05, 4.69) is 0 Å². The first-order chi connectivity index (χ1) is 8.11. The molecule has 4 nitrogen and oxygen atoms in total. The standard InChI is InChI=1S/C13H14N2O2/c1-9-7-12(13(14)16)15(8-9)10-3-5-11(17-2)6-4-10/h3-8H,1-2H3,(H2,14,16). The summed E-state index contributed by atoms with van der Waals surface area (Å²) < 4.78 is 6.86. The Hall–Kier alpha value is -2.23. The third kappa shape index (κ3) is 2.15. The van der Waals surface area contributed by atoms with Crippen molar-refractivity contribution in [1.82, 2.24) is 4.57 Å². The third-order valence-corrected chi connectivity index (χ3v) is 2.56. The molecule has 1 amide bonds. The van der Waals surface area contributed by atoms with Crippen molar-refractivity contribution < 1.29 is 9.53 Å². The summed E-state index contributed by atoms with van der Waals surface area (Å²) in [5, 5.41) is 0. The zero-order chi connectivity index (χ0) is 12.4. The second-order valence-electron chi connectivity index (χ2n) is 3.83. The topological polar surface area (TPSA) is 57.2 Å². The molecular weight excluding hydrogens is 216 g/mol. The second kappa shape index (κ2) is 4.33. The van der Waals surface area contributed by atoms with Crippen LogP contribution in [0.25, 0.3) is 5.69 Å². The van der Waals surface area contributed by atoms with Gasteiger partial charge in [0.2, 0.25) is 0 Å². The van der Waals surface area contributed by atoms with Gasteiger partial charge in [0, 0.05) is 11.9 Å². The van der Waals surface area contributed by atoms with Gasteiger partial charge >= 0.3 is 0 Å². The number of carbonyl (C=O) groups is 1. The molecule has 0 spiro atoms. The van der Waals surface area contributed by atoms with Gasteiger partial charge in [-0.25, -0.2) is 0 Å². The van der Waals surface area contributed by atoms with Gasteiger partial charge in [0.05, 0.1) is 7.11 Å². The quantitative estimate of drug-likeness (QED) is 0.875. The Morgan fingerprint density at radius 1 is 1.29 bits per heavy atom. The van der Waals surface area contributed by atoms with Crippen LogP contribution in [0.15, 0.2) is 36.5 Å². The Labute approximate surface area is 99.6 Å². The van der Waals surface area contributed by atoms with E-state index >= 15 is 0 Å². The zero-order valence-electron chi connectivity index (χ0n) is 9.81. The Morgan fingerprint density at radius 2 is 1.94 bits per heavy atom. The van der Waals surface area contributed by atoms with Gasteiger partial charge in [-0.15, -0.1) is 0 Å². The average molecular weight is 230 g/mol. The molecule has 0 aliphatic heterocycles. The van der Waals surface area contributed by atoms with Crippen molar-refractivity contribution in [1.29, 1.82) is 0 Å². The van der Waals surface area contributed by atoms with Crippen molar-refractivity contribution in [3.63, 3.8) is 0 Å². The van der Waals surface area contributed by atoms with Gasteiger partial charge in [0.25, 0.3) is 5.91 Å². The summed E-state index contributed by atoms with van der Waals surface area (Å²) in [7, 11) is 1.61. The number of aryl methyl sites for hydroxylation is 1. The average Bonchev–Trinajstić information content (AvgIpc) is 2.72. The van der Waals surface area contributed by atoms with Crippen LogP contribution in [0.5, 0.6) is 5.75 Å². The van der Waals surface area contributed by atoms with Crippen molar-refractivity contribution in [2.24, 2.45) is 5.73 Å². The monoisotopic (exact) mass is 230 g/mol. The van der Waals surface area contributed by atoms with Crippen molar-refractivity contribution in [2.45, 2.75) is 6.92 Å². The Balaban J connectivity index is 2.48. The summed E-state index contributed by atoms with van der Waals surface area (Å²) in [6, 6.07) is 9.22. The van der Waals surface area contributed by atoms with Gasteiger partial charge in [-0.1, -0.05) is 0 Å². The van der Waals surface area contributed by atoms with Crippen LogP contribution in [0.4, 0.5) is 0 Å². The number of hydrogen-bond donors (Lipinski definition) is 1. The van der Waals surface area contributed by atoms with E-state index in [1.54, 1.807) is 17.7 Å². The highest BCUT2D eigenvalue weighted by Crippen LogP contribution is 2.18. The molecule has 0 bridgehead atoms. The first kappa shape index (κ1) is 11.3. The number of methoxy groups -OCH3 is 1. The van der Waals surface area contributed by atoms with E-state index in [0.717, 1.165) is 17.0 Å². The zero-order valence-corrected chi connectivity index (χ0v) is 9.81. The highest BCUT2D eigenvalue weighted by molar-refractivity contribution is 5.92. The first-order valence-corrected chi connectivity index (χ1v) is 5.25. The predicted molar refractivity (Wildman–Crippen MR) is 65.6 cm³/mol. The van der Waals surface area contributed by atoms with E-state index in [0.29, 0.717) is 5.69 Å². The van der Waals surface area contributed by atoms with Crippen molar-refractivity contribution in [3.8, 4) is 11.4 Å². The fourth-order valence-electron chi connectivity index (χ4n) is 1.74. The maximum atomic E-state index is 11.3. The Kier molecular flexibility index (Phi) is 2.87. The number of benzene rings is 1. The molecular formula is C13H14N2O2. The molecule has 0 aliphatic rings. The molecule has 0 atom stereocenters. The van der Waals surface area contributed by atoms with Crippen LogP contribution in [0.2, 0.25) is 0 Å². The Bertz CT molecular complexity index is 541. The van der Waals surface area contributed by atoms with Gasteiger partial charge in [-0.05, 0) is 42.8 Å². The highest BCUT2D eigenvalue weighted by atomic mass is 16.5. The summed E-state index contributed by atoms with van der Waals surface area (Å²) in [6.07, 6.45) is 1.88. The molecule has 88 valence electrons. The minimum atomic E-state index is -0.436. The van der Waals surface area contributed by atoms with Crippen LogP contribution in [0.1, 0.15) is 16.1 Å². The van der Waals surface area contributed by atoms with Gasteiger partial charge in [-0.3, -0.25) is 4.79 Å². The van der Waals surface area contributed by atoms with Crippen LogP contribution in [0, 0.1) is 6.92 Å². The Morgan fingerprint density at radius 3 is 2.47 bits per heavy atom. The molecule has 0 aliphatic carbocycles. The summed E-state index contributed by atoms with van der Waals surface area (Å²) >= 11 is 0. The van der Waals surface area contributed by atoms with Gasteiger partial charge in [0.1, 0.15) is 11.4 Å². The molecule has 2 aromatic rings. The smallest absolute Gasteiger partial charge is 0.265 e. The number of hydrogen-bond acceptors (Lipinski definition) is 2. The summed E-state index contributed by atoms with van der Waals surface area (Å²) in [6.45, 7) is 1.92. The lowest BCUT2D eigenvalue weighted by atomic mass is 10.3. The SMILES string of the molecule is COc1ccc(-n2cc(C)cc2C(N)=O)cc1. The second-order valence-corrected chi connectivity index (χ2v) is 3.83. The fraction of sp³-hybridized carbons (Fsp3) is 0.154. The lowest BCUT2D eigenvalue weighted by Gasteiger charge is -2.07. The minimum absolute atomic E-state index is 0.436. The molecule has 1 aromatic carbocycles. The maximum absolute atomic E-state index is 11.3. The van der Waals surface area contributed by atoms with Gasteiger partial charge < -0.3 is 15.0 Å². The van der Waals surface area contributed by atoms with E-state index < -0.39 is 5.91 Å². The summed E-state index contributed by atoms with van der Waals surface area (Å²) in [4.78, 5) is 11.3. The van der Waals surface area contributed by atoms with E-state index in [9.17, 15) is 4.79 Å². The van der Waals surface area contributed by atoms with Crippen LogP contribution < -0.4 is 10.5 Å². The number of aromatic nitrogens is 1. The molecule has 2 N–H and O–H groups in total. The largest absolute Gasteiger partial charge is 0.497 e. The van der Waals surface area contributed by atoms with E-state index in [4.69, 9.17) is 10.5 Å². The van der Waals surface area contributed by atoms with Crippen LogP contribution in [0.3, 0.4) is 0 Å². The number of ether oxygens (including phenoxy) is 1. The molecule has 0 unspecified atom stereocenters. The number of rotatable bonds is 3. The highest BCUT2D eigenvalue weighted by Gasteiger charge is 2.10. The van der Waals surface area contributed by atoms with Crippen LogP contribution in [-0.4, -0.2) is 17.6 Å². The molecule has 0 fully saturated rings. The normalized spacial score (nSPS) is 10.2. The number of carbonyl (C=O) groups excluding carboxylic acids is 1. The molecule has 0 saturated heterocycles. The molecule has 4 heteroatoms. The third-order valence-electron chi connectivity index (χ3n) is 2.56. The van der Waals surface area contributed by atoms with Crippen LogP contribution >= 0.6 is 0 Å². The van der Waals surface area contributed by atoms with Gasteiger partial charge in [-0.2, -0.15) is 0 Å². The van der Waals surface area contributed by atoms with Gasteiger partial charge in [0.15, 0.2) is 0 Å². The van der Waals surface area contributed by atoms with Crippen molar-refractivity contribution in [3.05, 3.63) is 47.8 Å².